The van der Waals surface area contributed by atoms with Crippen LogP contribution in [0.2, 0.25) is 0 Å². The number of nitrogens with zero attached hydrogens (tertiary/aromatic N) is 1. The number of hydrogen-bond donors (Lipinski definition) is 3. The zero-order valence-corrected chi connectivity index (χ0v) is 10.7. The standard InChI is InChI=1S/C11H18N2O6/c1-19-3-2-13-5-7(4-9(13)15)10(16)12-8(6-14)11(17)18/h7-8,14H,2-6H2,1H3,(H,12,16)(H,17,18)/t7?,8-/m1/s1. The van der Waals surface area contributed by atoms with Crippen molar-refractivity contribution in [2.75, 3.05) is 33.4 Å². The minimum atomic E-state index is -1.34. The summed E-state index contributed by atoms with van der Waals surface area (Å²) in [6.45, 7) is 0.344. The molecular weight excluding hydrogens is 256 g/mol. The summed E-state index contributed by atoms with van der Waals surface area (Å²) in [5.74, 6) is -2.59. The van der Waals surface area contributed by atoms with Crippen LogP contribution in [0.4, 0.5) is 0 Å². The van der Waals surface area contributed by atoms with Gasteiger partial charge in [-0.1, -0.05) is 0 Å². The van der Waals surface area contributed by atoms with Gasteiger partial charge in [-0.3, -0.25) is 9.59 Å². The van der Waals surface area contributed by atoms with E-state index in [2.05, 4.69) is 5.32 Å². The van der Waals surface area contributed by atoms with E-state index in [4.69, 9.17) is 14.9 Å². The van der Waals surface area contributed by atoms with Gasteiger partial charge in [-0.15, -0.1) is 0 Å². The quantitative estimate of drug-likeness (QED) is 0.496. The molecule has 0 aromatic rings. The van der Waals surface area contributed by atoms with Gasteiger partial charge in [0.25, 0.3) is 0 Å². The maximum atomic E-state index is 11.8. The van der Waals surface area contributed by atoms with Gasteiger partial charge in [0, 0.05) is 26.6 Å². The lowest BCUT2D eigenvalue weighted by Gasteiger charge is -2.17. The van der Waals surface area contributed by atoms with E-state index in [0.717, 1.165) is 0 Å². The van der Waals surface area contributed by atoms with Crippen molar-refractivity contribution >= 4 is 17.8 Å². The molecule has 0 spiro atoms. The fourth-order valence-corrected chi connectivity index (χ4v) is 1.84. The van der Waals surface area contributed by atoms with E-state index in [1.54, 1.807) is 0 Å². The van der Waals surface area contributed by atoms with Crippen LogP contribution in [0.3, 0.4) is 0 Å². The topological polar surface area (TPSA) is 116 Å². The smallest absolute Gasteiger partial charge is 0.328 e. The summed E-state index contributed by atoms with van der Waals surface area (Å²) in [6.07, 6.45) is 0.0489. The summed E-state index contributed by atoms with van der Waals surface area (Å²) in [6, 6.07) is -1.34. The third-order valence-corrected chi connectivity index (χ3v) is 2.95. The number of hydrogen-bond acceptors (Lipinski definition) is 5. The Bertz CT molecular complexity index is 359. The Hall–Kier alpha value is -1.67. The van der Waals surface area contributed by atoms with Crippen molar-refractivity contribution in [3.8, 4) is 0 Å². The first kappa shape index (κ1) is 15.4. The van der Waals surface area contributed by atoms with E-state index in [0.29, 0.717) is 13.2 Å². The molecule has 1 aliphatic heterocycles. The van der Waals surface area contributed by atoms with Gasteiger partial charge in [0.1, 0.15) is 6.04 Å². The fraction of sp³-hybridized carbons (Fsp3) is 0.727. The van der Waals surface area contributed by atoms with E-state index in [1.165, 1.54) is 12.0 Å². The molecule has 0 radical (unpaired) electrons. The van der Waals surface area contributed by atoms with Gasteiger partial charge in [0.05, 0.1) is 19.1 Å². The Labute approximate surface area is 110 Å². The molecule has 0 aromatic carbocycles. The maximum Gasteiger partial charge on any atom is 0.328 e. The zero-order valence-electron chi connectivity index (χ0n) is 10.7. The van der Waals surface area contributed by atoms with Crippen molar-refractivity contribution < 1.29 is 29.3 Å². The average molecular weight is 274 g/mol. The van der Waals surface area contributed by atoms with Gasteiger partial charge in [-0.25, -0.2) is 4.79 Å². The molecular formula is C11H18N2O6. The molecule has 0 aliphatic carbocycles. The van der Waals surface area contributed by atoms with Crippen LogP contribution in [0.15, 0.2) is 0 Å². The molecule has 8 nitrogen and oxygen atoms in total. The molecule has 1 heterocycles. The molecule has 0 saturated carbocycles. The molecule has 1 saturated heterocycles. The summed E-state index contributed by atoms with van der Waals surface area (Å²) < 4.78 is 4.86. The van der Waals surface area contributed by atoms with Gasteiger partial charge in [-0.2, -0.15) is 0 Å². The molecule has 1 rings (SSSR count). The Balaban J connectivity index is 2.51. The predicted octanol–water partition coefficient (Wildman–Crippen LogP) is -1.96. The van der Waals surface area contributed by atoms with E-state index in [1.807, 2.05) is 0 Å². The van der Waals surface area contributed by atoms with Crippen molar-refractivity contribution in [1.29, 1.82) is 0 Å². The molecule has 1 unspecified atom stereocenters. The Morgan fingerprint density at radius 1 is 1.58 bits per heavy atom. The second-order valence-corrected chi connectivity index (χ2v) is 4.32. The van der Waals surface area contributed by atoms with E-state index in [9.17, 15) is 14.4 Å². The third-order valence-electron chi connectivity index (χ3n) is 2.95. The molecule has 0 aromatic heterocycles. The second kappa shape index (κ2) is 7.05. The first-order valence-corrected chi connectivity index (χ1v) is 5.90. The predicted molar refractivity (Wildman–Crippen MR) is 63.2 cm³/mol. The molecule has 1 fully saturated rings. The van der Waals surface area contributed by atoms with E-state index in [-0.39, 0.29) is 18.9 Å². The number of carboxylic acid groups (broad SMARTS) is 1. The van der Waals surface area contributed by atoms with Crippen molar-refractivity contribution in [1.82, 2.24) is 10.2 Å². The summed E-state index contributed by atoms with van der Waals surface area (Å²) in [5.41, 5.74) is 0. The minimum absolute atomic E-state index is 0.0489. The highest BCUT2D eigenvalue weighted by Crippen LogP contribution is 2.17. The number of aliphatic carboxylic acids is 1. The van der Waals surface area contributed by atoms with Crippen LogP contribution in [0.25, 0.3) is 0 Å². The van der Waals surface area contributed by atoms with Crippen molar-refractivity contribution in [3.05, 3.63) is 0 Å². The molecule has 8 heteroatoms. The average Bonchev–Trinajstić information content (AvgIpc) is 2.74. The van der Waals surface area contributed by atoms with Crippen LogP contribution >= 0.6 is 0 Å². The lowest BCUT2D eigenvalue weighted by Crippen LogP contribution is -2.46. The number of nitrogens with one attached hydrogen (secondary N) is 1. The molecule has 1 aliphatic rings. The van der Waals surface area contributed by atoms with Gasteiger partial charge < -0.3 is 25.2 Å². The van der Waals surface area contributed by atoms with E-state index >= 15 is 0 Å². The zero-order chi connectivity index (χ0) is 14.4. The highest BCUT2D eigenvalue weighted by Gasteiger charge is 2.35. The Morgan fingerprint density at radius 2 is 2.26 bits per heavy atom. The number of likely N-dealkylation sites (tertiary alicyclic amines) is 1. The Morgan fingerprint density at radius 3 is 2.79 bits per heavy atom. The molecule has 108 valence electrons. The first-order chi connectivity index (χ1) is 8.99. The van der Waals surface area contributed by atoms with Crippen LogP contribution in [0.5, 0.6) is 0 Å². The number of carbonyl (C=O) groups is 3. The Kier molecular flexibility index (Phi) is 5.71. The number of carboxylic acids is 1. The summed E-state index contributed by atoms with van der Waals surface area (Å²) in [5, 5.41) is 19.7. The lowest BCUT2D eigenvalue weighted by atomic mass is 10.1. The SMILES string of the molecule is COCCN1CC(C(=O)N[C@H](CO)C(=O)O)CC1=O. The van der Waals surface area contributed by atoms with Crippen LogP contribution in [0.1, 0.15) is 6.42 Å². The fourth-order valence-electron chi connectivity index (χ4n) is 1.84. The summed E-state index contributed by atoms with van der Waals surface area (Å²) in [4.78, 5) is 35.6. The largest absolute Gasteiger partial charge is 0.480 e. The van der Waals surface area contributed by atoms with Crippen molar-refractivity contribution in [2.24, 2.45) is 5.92 Å². The highest BCUT2D eigenvalue weighted by atomic mass is 16.5. The van der Waals surface area contributed by atoms with Crippen LogP contribution in [-0.2, 0) is 19.1 Å². The van der Waals surface area contributed by atoms with Gasteiger partial charge in [-0.05, 0) is 0 Å². The molecule has 2 atom stereocenters. The number of aliphatic hydroxyl groups is 1. The van der Waals surface area contributed by atoms with Gasteiger partial charge >= 0.3 is 5.97 Å². The lowest BCUT2D eigenvalue weighted by molar-refractivity contribution is -0.143. The normalized spacial score (nSPS) is 20.4. The van der Waals surface area contributed by atoms with Gasteiger partial charge in [0.2, 0.25) is 11.8 Å². The summed E-state index contributed by atoms with van der Waals surface area (Å²) >= 11 is 0. The monoisotopic (exact) mass is 274 g/mol. The minimum Gasteiger partial charge on any atom is -0.480 e. The van der Waals surface area contributed by atoms with Crippen LogP contribution < -0.4 is 5.32 Å². The molecule has 19 heavy (non-hydrogen) atoms. The van der Waals surface area contributed by atoms with Crippen LogP contribution in [-0.4, -0.2) is 72.4 Å². The number of methoxy groups -OCH3 is 1. The second-order valence-electron chi connectivity index (χ2n) is 4.32. The molecule has 2 amide bonds. The van der Waals surface area contributed by atoms with E-state index < -0.39 is 30.4 Å². The number of amides is 2. The third kappa shape index (κ3) is 4.18. The van der Waals surface area contributed by atoms with Gasteiger partial charge in [0.15, 0.2) is 0 Å². The highest BCUT2D eigenvalue weighted by molar-refractivity contribution is 5.91. The number of aliphatic hydroxyl groups excluding tert-OH is 1. The molecule has 0 bridgehead atoms. The summed E-state index contributed by atoms with van der Waals surface area (Å²) in [7, 11) is 1.52. The van der Waals surface area contributed by atoms with Crippen molar-refractivity contribution in [3.63, 3.8) is 0 Å². The first-order valence-electron chi connectivity index (χ1n) is 5.90. The van der Waals surface area contributed by atoms with Crippen LogP contribution in [0, 0.1) is 5.92 Å². The molecule has 3 N–H and O–H groups in total. The number of rotatable bonds is 7. The maximum absolute atomic E-state index is 11.8. The van der Waals surface area contributed by atoms with Crippen molar-refractivity contribution in [2.45, 2.75) is 12.5 Å². The number of ether oxygens (including phenoxy) is 1. The number of carbonyl (C=O) groups excluding carboxylic acids is 2.